The van der Waals surface area contributed by atoms with Gasteiger partial charge in [0.15, 0.2) is 0 Å². The summed E-state index contributed by atoms with van der Waals surface area (Å²) in [7, 11) is 0. The molecule has 0 amide bonds. The van der Waals surface area contributed by atoms with E-state index in [0.717, 1.165) is 61.3 Å². The van der Waals surface area contributed by atoms with Crippen LogP contribution in [0.2, 0.25) is 0 Å². The third-order valence-corrected chi connectivity index (χ3v) is 16.4. The van der Waals surface area contributed by atoms with E-state index >= 15 is 0 Å². The van der Waals surface area contributed by atoms with Gasteiger partial charge in [0.05, 0.1) is 27.8 Å². The molecule has 76 heavy (non-hydrogen) atoms. The molecule has 1 unspecified atom stereocenters. The van der Waals surface area contributed by atoms with Crippen LogP contribution in [-0.4, -0.2) is 4.57 Å². The summed E-state index contributed by atoms with van der Waals surface area (Å²) < 4.78 is 9.05. The molecule has 0 radical (unpaired) electrons. The Morgan fingerprint density at radius 2 is 0.882 bits per heavy atom. The molecule has 2 aliphatic rings. The van der Waals surface area contributed by atoms with E-state index in [1.54, 1.807) is 0 Å². The molecule has 0 saturated heterocycles. The van der Waals surface area contributed by atoms with Crippen LogP contribution >= 0.6 is 0 Å². The van der Waals surface area contributed by atoms with E-state index in [1.165, 1.54) is 83.1 Å². The number of para-hydroxylation sites is 6. The summed E-state index contributed by atoms with van der Waals surface area (Å²) in [5, 5.41) is 4.81. The van der Waals surface area contributed by atoms with Gasteiger partial charge in [-0.05, 0) is 121 Å². The molecule has 0 bridgehead atoms. The van der Waals surface area contributed by atoms with Gasteiger partial charge in [0.2, 0.25) is 0 Å². The molecule has 1 aliphatic heterocycles. The summed E-state index contributed by atoms with van der Waals surface area (Å²) >= 11 is 0. The van der Waals surface area contributed by atoms with Crippen LogP contribution in [0, 0.1) is 0 Å². The van der Waals surface area contributed by atoms with Gasteiger partial charge < -0.3 is 13.9 Å². The van der Waals surface area contributed by atoms with Gasteiger partial charge >= 0.3 is 0 Å². The molecule has 0 N–H and O–H groups in total. The predicted octanol–water partition coefficient (Wildman–Crippen LogP) is 19.5. The van der Waals surface area contributed by atoms with Crippen LogP contribution < -0.4 is 4.90 Å². The minimum atomic E-state index is -0.525. The van der Waals surface area contributed by atoms with Crippen molar-refractivity contribution in [2.75, 3.05) is 4.90 Å². The Kier molecular flexibility index (Phi) is 9.25. The molecule has 2 aromatic heterocycles. The third kappa shape index (κ3) is 6.05. The lowest BCUT2D eigenvalue weighted by molar-refractivity contribution is 0.670. The Morgan fingerprint density at radius 1 is 0.329 bits per heavy atom. The van der Waals surface area contributed by atoms with E-state index in [9.17, 15) is 0 Å². The summed E-state index contributed by atoms with van der Waals surface area (Å²) in [4.78, 5) is 2.41. The highest BCUT2D eigenvalue weighted by Crippen LogP contribution is 2.62. The lowest BCUT2D eigenvalue weighted by Crippen LogP contribution is -2.33. The second kappa shape index (κ2) is 16.5. The van der Waals surface area contributed by atoms with Crippen molar-refractivity contribution in [2.45, 2.75) is 5.41 Å². The zero-order valence-electron chi connectivity index (χ0n) is 41.4. The predicted molar refractivity (Wildman–Crippen MR) is 315 cm³/mol. The highest BCUT2D eigenvalue weighted by atomic mass is 16.3. The molecule has 1 aliphatic carbocycles. The van der Waals surface area contributed by atoms with Crippen LogP contribution in [0.15, 0.2) is 283 Å². The number of aromatic nitrogens is 1. The first kappa shape index (κ1) is 42.5. The zero-order valence-corrected chi connectivity index (χ0v) is 41.4. The first-order valence-corrected chi connectivity index (χ1v) is 26.2. The summed E-state index contributed by atoms with van der Waals surface area (Å²) in [6.45, 7) is 0. The Morgan fingerprint density at radius 3 is 1.72 bits per heavy atom. The summed E-state index contributed by atoms with van der Waals surface area (Å²) in [6, 6.07) is 103. The third-order valence-electron chi connectivity index (χ3n) is 16.4. The maximum atomic E-state index is 6.53. The van der Waals surface area contributed by atoms with Crippen molar-refractivity contribution < 1.29 is 4.42 Å². The standard InChI is InChI=1S/C73H46N2O/c1-2-18-47(19-3-1)50-20-14-21-51(46-50)54-22-5-10-34-66(54)74(53-44-40-49(41-45-53)56-27-15-29-60-58-24-7-13-37-69(58)76-72(56)60)52-42-38-48(39-43-52)55-26-16-32-64-70(55)61-25-4-8-30-62(61)73(64)63-31-9-12-36-68(63)75-67-35-11-6-23-57(67)59-28-17-33-65(73)71(59)75/h1-46H. The first-order valence-electron chi connectivity index (χ1n) is 26.2. The molecule has 14 aromatic rings. The molecule has 3 heterocycles. The number of fused-ring (bicyclic) bond motifs is 15. The molecule has 16 rings (SSSR count). The lowest BCUT2D eigenvalue weighted by Gasteiger charge is -2.39. The van der Waals surface area contributed by atoms with Gasteiger partial charge in [-0.25, -0.2) is 0 Å². The maximum Gasteiger partial charge on any atom is 0.143 e. The fourth-order valence-electron chi connectivity index (χ4n) is 13.2. The minimum absolute atomic E-state index is 0.525. The van der Waals surface area contributed by atoms with E-state index in [2.05, 4.69) is 282 Å². The Hall–Kier alpha value is -9.96. The molecule has 0 fully saturated rings. The highest BCUT2D eigenvalue weighted by molar-refractivity contribution is 6.13. The molecule has 1 spiro atoms. The second-order valence-corrected chi connectivity index (χ2v) is 20.3. The fraction of sp³-hybridized carbons (Fsp3) is 0.0137. The van der Waals surface area contributed by atoms with Crippen LogP contribution in [-0.2, 0) is 5.41 Å². The molecule has 0 saturated carbocycles. The number of anilines is 3. The molecular weight excluding hydrogens is 921 g/mol. The SMILES string of the molecule is c1ccc(-c2cccc(-c3ccccc3N(c3ccc(-c4cccc5c4-c4ccccc4C54c5ccccc5-n5c6ccccc6c6cccc4c65)cc3)c3ccc(-c4cccc5c4oc4ccccc45)cc3)c2)cc1. The van der Waals surface area contributed by atoms with Crippen molar-refractivity contribution >= 4 is 60.8 Å². The van der Waals surface area contributed by atoms with Crippen LogP contribution in [0.1, 0.15) is 22.3 Å². The molecule has 1 atom stereocenters. The zero-order chi connectivity index (χ0) is 49.9. The number of hydrogen-bond donors (Lipinski definition) is 0. The number of furan rings is 1. The molecular formula is C73H46N2O. The molecule has 3 heteroatoms. The van der Waals surface area contributed by atoms with Crippen molar-refractivity contribution in [1.29, 1.82) is 0 Å². The van der Waals surface area contributed by atoms with Crippen LogP contribution in [0.4, 0.5) is 17.1 Å². The monoisotopic (exact) mass is 966 g/mol. The van der Waals surface area contributed by atoms with Gasteiger partial charge in [-0.15, -0.1) is 0 Å². The normalized spacial score (nSPS) is 14.1. The second-order valence-electron chi connectivity index (χ2n) is 20.3. The largest absolute Gasteiger partial charge is 0.455 e. The summed E-state index contributed by atoms with van der Waals surface area (Å²) in [5.74, 6) is 0. The van der Waals surface area contributed by atoms with Crippen molar-refractivity contribution in [3.63, 3.8) is 0 Å². The Labute approximate surface area is 440 Å². The van der Waals surface area contributed by atoms with Gasteiger partial charge in [0.25, 0.3) is 0 Å². The van der Waals surface area contributed by atoms with Gasteiger partial charge in [-0.1, -0.05) is 224 Å². The summed E-state index contributed by atoms with van der Waals surface area (Å²) in [5.41, 5.74) is 25.3. The molecule has 3 nitrogen and oxygen atoms in total. The van der Waals surface area contributed by atoms with Gasteiger partial charge in [-0.3, -0.25) is 0 Å². The highest BCUT2D eigenvalue weighted by Gasteiger charge is 2.51. The molecule has 12 aromatic carbocycles. The Bertz CT molecular complexity index is 4640. The fourth-order valence-corrected chi connectivity index (χ4v) is 13.2. The van der Waals surface area contributed by atoms with Crippen LogP contribution in [0.25, 0.3) is 105 Å². The topological polar surface area (TPSA) is 21.3 Å². The lowest BCUT2D eigenvalue weighted by atomic mass is 9.65. The van der Waals surface area contributed by atoms with Gasteiger partial charge in [-0.2, -0.15) is 0 Å². The number of benzene rings is 12. The van der Waals surface area contributed by atoms with Crippen LogP contribution in [0.3, 0.4) is 0 Å². The van der Waals surface area contributed by atoms with E-state index in [4.69, 9.17) is 4.42 Å². The number of hydrogen-bond acceptors (Lipinski definition) is 2. The van der Waals surface area contributed by atoms with E-state index in [1.807, 2.05) is 6.07 Å². The quantitative estimate of drug-likeness (QED) is 0.159. The van der Waals surface area contributed by atoms with Gasteiger partial charge in [0, 0.05) is 44.0 Å². The summed E-state index contributed by atoms with van der Waals surface area (Å²) in [6.07, 6.45) is 0. The number of nitrogens with zero attached hydrogens (tertiary/aromatic N) is 2. The van der Waals surface area contributed by atoms with Crippen LogP contribution in [0.5, 0.6) is 0 Å². The Balaban J connectivity index is 0.861. The average Bonchev–Trinajstić information content (AvgIpc) is 4.34. The number of rotatable bonds is 7. The average molecular weight is 967 g/mol. The van der Waals surface area contributed by atoms with Crippen molar-refractivity contribution in [3.05, 3.63) is 301 Å². The van der Waals surface area contributed by atoms with E-state index < -0.39 is 5.41 Å². The smallest absolute Gasteiger partial charge is 0.143 e. The maximum absolute atomic E-state index is 6.53. The van der Waals surface area contributed by atoms with Crippen molar-refractivity contribution in [2.24, 2.45) is 0 Å². The molecule has 354 valence electrons. The van der Waals surface area contributed by atoms with E-state index in [-0.39, 0.29) is 0 Å². The van der Waals surface area contributed by atoms with E-state index in [0.29, 0.717) is 0 Å². The first-order chi connectivity index (χ1) is 37.7. The van der Waals surface area contributed by atoms with Crippen molar-refractivity contribution in [3.8, 4) is 61.3 Å². The minimum Gasteiger partial charge on any atom is -0.455 e. The van der Waals surface area contributed by atoms with Crippen molar-refractivity contribution in [1.82, 2.24) is 4.57 Å². The van der Waals surface area contributed by atoms with Gasteiger partial charge in [0.1, 0.15) is 11.2 Å².